The normalized spacial score (nSPS) is 11.6. The summed E-state index contributed by atoms with van der Waals surface area (Å²) in [6.07, 6.45) is 8.65. The summed E-state index contributed by atoms with van der Waals surface area (Å²) >= 11 is 0. The van der Waals surface area contributed by atoms with Crippen LogP contribution in [0.25, 0.3) is 27.0 Å². The van der Waals surface area contributed by atoms with Crippen LogP contribution in [-0.4, -0.2) is 16.8 Å². The molecule has 214 valence electrons. The van der Waals surface area contributed by atoms with Crippen LogP contribution in [0.3, 0.4) is 0 Å². The van der Waals surface area contributed by atoms with Gasteiger partial charge >= 0.3 is 0 Å². The number of rotatable bonds is 11. The molecule has 1 unspecified atom stereocenters. The second kappa shape index (κ2) is 18.3. The minimum atomic E-state index is -3.89. The Kier molecular flexibility index (Phi) is 16.4. The van der Waals surface area contributed by atoms with Gasteiger partial charge in [0.15, 0.2) is 0 Å². The van der Waals surface area contributed by atoms with E-state index in [1.54, 1.807) is 36.4 Å². The molecule has 2 rings (SSSR count). The highest BCUT2D eigenvalue weighted by atomic mass is 32.2. The van der Waals surface area contributed by atoms with Crippen molar-refractivity contribution in [2.24, 2.45) is 9.04 Å². The molecule has 0 N–H and O–H groups in total. The van der Waals surface area contributed by atoms with Crippen LogP contribution in [0.4, 0.5) is 0 Å². The van der Waals surface area contributed by atoms with E-state index in [1.165, 1.54) is 29.8 Å². The van der Waals surface area contributed by atoms with Crippen LogP contribution >= 0.6 is 0 Å². The number of azide groups is 2. The van der Waals surface area contributed by atoms with Crippen molar-refractivity contribution in [3.8, 4) is 0 Å². The average Bonchev–Trinajstić information content (AvgIpc) is 2.93. The molecule has 0 aliphatic heterocycles. The SMILES string of the molecule is C=CC(=C)C.C=Cc1ccc(S(=O)(=O)N=[N+]=[N-])cc1.CC/C(C)=C/CCC(C)c1ccc(S(=O)(=O)N=[N+]=[N-])cc1. The Morgan fingerprint density at radius 3 is 1.68 bits per heavy atom. The maximum atomic E-state index is 11.6. The zero-order chi connectivity index (χ0) is 30.8. The first kappa shape index (κ1) is 35.9. The van der Waals surface area contributed by atoms with Gasteiger partial charge < -0.3 is 0 Å². The molecular formula is C28H36N6O4S2. The lowest BCUT2D eigenvalue weighted by atomic mass is 9.96. The lowest BCUT2D eigenvalue weighted by Gasteiger charge is -2.11. The van der Waals surface area contributed by atoms with Crippen molar-refractivity contribution < 1.29 is 16.8 Å². The molecule has 0 radical (unpaired) electrons. The maximum Gasteiger partial charge on any atom is 0.264 e. The summed E-state index contributed by atoms with van der Waals surface area (Å²) in [6.45, 7) is 18.8. The Labute approximate surface area is 237 Å². The zero-order valence-corrected chi connectivity index (χ0v) is 24.9. The number of allylic oxidation sites excluding steroid dienone is 4. The molecule has 0 saturated carbocycles. The first-order valence-corrected chi connectivity index (χ1v) is 15.0. The molecule has 2 aromatic carbocycles. The standard InChI is InChI=1S/C15H21N3O2S.C8H7N3O2S.C5H8/c1-4-12(2)6-5-7-13(3)14-8-10-15(11-9-14)21(19,20)18-17-16;1-2-7-3-5-8(6-4-7)14(12,13)11-10-9;1-4-5(2)3/h6,8-11,13H,4-5,7H2,1-3H3;2-6H,1H2;4H,1-2H2,3H3/b12-6+;;. The van der Waals surface area contributed by atoms with E-state index >= 15 is 0 Å². The van der Waals surface area contributed by atoms with Crippen molar-refractivity contribution in [2.45, 2.75) is 62.7 Å². The second-order valence-corrected chi connectivity index (χ2v) is 11.7. The van der Waals surface area contributed by atoms with Crippen molar-refractivity contribution in [3.05, 3.63) is 124 Å². The third-order valence-corrected chi connectivity index (χ3v) is 7.76. The summed E-state index contributed by atoms with van der Waals surface area (Å²) in [6, 6.07) is 12.4. The lowest BCUT2D eigenvalue weighted by Crippen LogP contribution is -1.97. The maximum absolute atomic E-state index is 11.6. The fraction of sp³-hybridized carbons (Fsp3) is 0.286. The predicted molar refractivity (Wildman–Crippen MR) is 162 cm³/mol. The molecule has 0 amide bonds. The highest BCUT2D eigenvalue weighted by Gasteiger charge is 2.13. The van der Waals surface area contributed by atoms with Gasteiger partial charge in [0.05, 0.1) is 9.79 Å². The number of hydrogen-bond donors (Lipinski definition) is 0. The summed E-state index contributed by atoms with van der Waals surface area (Å²) in [4.78, 5) is 4.58. The number of sulfonamides is 2. The Hall–Kier alpha value is -4.08. The topological polar surface area (TPSA) is 166 Å². The summed E-state index contributed by atoms with van der Waals surface area (Å²) in [5, 5.41) is 0. The molecule has 0 aliphatic rings. The molecule has 0 saturated heterocycles. The highest BCUT2D eigenvalue weighted by Crippen LogP contribution is 2.23. The van der Waals surface area contributed by atoms with Crippen molar-refractivity contribution in [2.75, 3.05) is 0 Å². The summed E-state index contributed by atoms with van der Waals surface area (Å²) in [5.74, 6) is 0.349. The van der Waals surface area contributed by atoms with Gasteiger partial charge in [0.2, 0.25) is 0 Å². The minimum Gasteiger partial charge on any atom is -0.216 e. The molecular weight excluding hydrogens is 548 g/mol. The molecule has 0 fully saturated rings. The molecule has 12 heteroatoms. The van der Waals surface area contributed by atoms with E-state index < -0.39 is 20.0 Å². The Morgan fingerprint density at radius 1 is 0.900 bits per heavy atom. The average molecular weight is 585 g/mol. The molecule has 0 aromatic heterocycles. The van der Waals surface area contributed by atoms with Gasteiger partial charge in [-0.15, -0.1) is 0 Å². The Balaban J connectivity index is 0.000000686. The first-order valence-electron chi connectivity index (χ1n) is 12.2. The Bertz CT molecular complexity index is 1480. The molecule has 0 aliphatic carbocycles. The molecule has 0 bridgehead atoms. The van der Waals surface area contributed by atoms with Gasteiger partial charge in [-0.3, -0.25) is 0 Å². The van der Waals surface area contributed by atoms with E-state index in [9.17, 15) is 16.8 Å². The number of nitrogens with zero attached hydrogens (tertiary/aromatic N) is 6. The van der Waals surface area contributed by atoms with E-state index in [4.69, 9.17) is 11.1 Å². The van der Waals surface area contributed by atoms with Crippen LogP contribution in [0, 0.1) is 0 Å². The van der Waals surface area contributed by atoms with Crippen LogP contribution in [-0.2, 0) is 20.0 Å². The van der Waals surface area contributed by atoms with Crippen LogP contribution in [0.15, 0.2) is 110 Å². The third-order valence-electron chi connectivity index (χ3n) is 5.45. The molecule has 1 atom stereocenters. The van der Waals surface area contributed by atoms with Gasteiger partial charge in [0.25, 0.3) is 20.0 Å². The van der Waals surface area contributed by atoms with Gasteiger partial charge in [-0.25, -0.2) is 16.8 Å². The van der Waals surface area contributed by atoms with E-state index in [0.717, 1.165) is 36.0 Å². The van der Waals surface area contributed by atoms with Crippen molar-refractivity contribution >= 4 is 26.1 Å². The molecule has 2 aromatic rings. The molecule has 0 spiro atoms. The predicted octanol–water partition coefficient (Wildman–Crippen LogP) is 9.00. The van der Waals surface area contributed by atoms with Gasteiger partial charge in [0.1, 0.15) is 0 Å². The fourth-order valence-electron chi connectivity index (χ4n) is 2.83. The van der Waals surface area contributed by atoms with Crippen molar-refractivity contribution in [1.82, 2.24) is 0 Å². The van der Waals surface area contributed by atoms with Crippen LogP contribution in [0.2, 0.25) is 0 Å². The largest absolute Gasteiger partial charge is 0.264 e. The smallest absolute Gasteiger partial charge is 0.216 e. The number of hydrogen-bond acceptors (Lipinski definition) is 4. The fourth-order valence-corrected chi connectivity index (χ4v) is 4.17. The Morgan fingerprint density at radius 2 is 1.32 bits per heavy atom. The lowest BCUT2D eigenvalue weighted by molar-refractivity contribution is 0.595. The second-order valence-electron chi connectivity index (χ2n) is 8.57. The van der Waals surface area contributed by atoms with E-state index in [2.05, 4.69) is 65.4 Å². The van der Waals surface area contributed by atoms with Crippen LogP contribution in [0.1, 0.15) is 64.0 Å². The van der Waals surface area contributed by atoms with Crippen molar-refractivity contribution in [3.63, 3.8) is 0 Å². The van der Waals surface area contributed by atoms with Gasteiger partial charge in [-0.1, -0.05) is 87.2 Å². The van der Waals surface area contributed by atoms with E-state index in [-0.39, 0.29) is 9.79 Å². The van der Waals surface area contributed by atoms with E-state index in [1.807, 2.05) is 6.92 Å². The summed E-state index contributed by atoms with van der Waals surface area (Å²) < 4.78 is 51.0. The molecule has 10 nitrogen and oxygen atoms in total. The zero-order valence-electron chi connectivity index (χ0n) is 23.3. The monoisotopic (exact) mass is 584 g/mol. The van der Waals surface area contributed by atoms with E-state index in [0.29, 0.717) is 5.92 Å². The summed E-state index contributed by atoms with van der Waals surface area (Å²) in [7, 11) is -7.75. The third kappa shape index (κ3) is 13.6. The molecule has 0 heterocycles. The van der Waals surface area contributed by atoms with Gasteiger partial charge in [0, 0.05) is 18.9 Å². The quantitative estimate of drug-likeness (QED) is 0.0845. The van der Waals surface area contributed by atoms with Gasteiger partial charge in [-0.2, -0.15) is 0 Å². The van der Waals surface area contributed by atoms with Crippen LogP contribution in [0.5, 0.6) is 0 Å². The molecule has 40 heavy (non-hydrogen) atoms. The first-order chi connectivity index (χ1) is 18.8. The minimum absolute atomic E-state index is 0.0259. The van der Waals surface area contributed by atoms with Crippen molar-refractivity contribution in [1.29, 1.82) is 0 Å². The summed E-state index contributed by atoms with van der Waals surface area (Å²) in [5.41, 5.74) is 20.6. The van der Waals surface area contributed by atoms with Gasteiger partial charge in [-0.05, 0) is 85.5 Å². The number of benzene rings is 2. The van der Waals surface area contributed by atoms with Crippen LogP contribution < -0.4 is 0 Å². The highest BCUT2D eigenvalue weighted by molar-refractivity contribution is 7.90.